The van der Waals surface area contributed by atoms with Gasteiger partial charge in [-0.25, -0.2) is 0 Å². The molecule has 57 heavy (non-hydrogen) atoms. The number of aromatic nitrogens is 2. The molecule has 291 valence electrons. The number of hydrogen-bond donors (Lipinski definition) is 0. The summed E-state index contributed by atoms with van der Waals surface area (Å²) in [6.45, 7) is 1.47. The van der Waals surface area contributed by atoms with Gasteiger partial charge in [-0.15, -0.1) is 53.6 Å². The van der Waals surface area contributed by atoms with Crippen molar-refractivity contribution in [3.8, 4) is 44.8 Å². The Balaban J connectivity index is 0.000000329. The average molecular weight is 939 g/mol. The topological polar surface area (TPSA) is 38.9 Å². The maximum Gasteiger partial charge on any atom is 0.120 e. The van der Waals surface area contributed by atoms with E-state index in [0.717, 1.165) is 22.0 Å². The molecule has 0 amide bonds. The van der Waals surface area contributed by atoms with E-state index in [1.807, 2.05) is 48.7 Å². The summed E-state index contributed by atoms with van der Waals surface area (Å²) in [4.78, 5) is 8.91. The van der Waals surface area contributed by atoms with E-state index < -0.39 is 39.2 Å². The van der Waals surface area contributed by atoms with Gasteiger partial charge in [0.25, 0.3) is 0 Å². The predicted molar refractivity (Wildman–Crippen MR) is 236 cm³/mol. The second-order valence-electron chi connectivity index (χ2n) is 15.9. The quantitative estimate of drug-likeness (QED) is 0.161. The predicted octanol–water partition coefficient (Wildman–Crippen LogP) is 14.4. The van der Waals surface area contributed by atoms with E-state index in [0.29, 0.717) is 28.0 Å². The molecule has 0 saturated carbocycles. The first-order valence-corrected chi connectivity index (χ1v) is 18.4. The van der Waals surface area contributed by atoms with Crippen LogP contribution in [0, 0.1) is 45.0 Å². The van der Waals surface area contributed by atoms with Crippen LogP contribution >= 0.6 is 0 Å². The zero-order chi connectivity index (χ0) is 51.6. The van der Waals surface area contributed by atoms with E-state index >= 15 is 0 Å². The molecule has 0 aliphatic rings. The Kier molecular flexibility index (Phi) is 7.85. The van der Waals surface area contributed by atoms with Gasteiger partial charge in [0.1, 0.15) is 5.58 Å². The number of fused-ring (bicyclic) bond motifs is 3. The Morgan fingerprint density at radius 2 is 1.44 bits per heavy atom. The van der Waals surface area contributed by atoms with Gasteiger partial charge in [-0.2, -0.15) is 0 Å². The third-order valence-electron chi connectivity index (χ3n) is 9.38. The molecule has 5 aromatic carbocycles. The Labute approximate surface area is 372 Å². The normalized spacial score (nSPS) is 16.4. The van der Waals surface area contributed by atoms with Gasteiger partial charge < -0.3 is 14.4 Å². The maximum atomic E-state index is 8.71. The van der Waals surface area contributed by atoms with Crippen molar-refractivity contribution in [2.45, 2.75) is 80.7 Å². The van der Waals surface area contributed by atoms with E-state index in [2.05, 4.69) is 42.9 Å². The molecule has 8 aromatic rings. The second kappa shape index (κ2) is 16.8. The van der Waals surface area contributed by atoms with Gasteiger partial charge in [-0.3, -0.25) is 0 Å². The van der Waals surface area contributed by atoms with Crippen LogP contribution in [0.4, 0.5) is 0 Å². The van der Waals surface area contributed by atoms with Crippen molar-refractivity contribution in [1.82, 2.24) is 9.97 Å². The summed E-state index contributed by atoms with van der Waals surface area (Å²) < 4.78 is 121. The fourth-order valence-corrected chi connectivity index (χ4v) is 6.53. The van der Waals surface area contributed by atoms with Gasteiger partial charge in [0.15, 0.2) is 0 Å². The number of benzene rings is 5. The van der Waals surface area contributed by atoms with Crippen molar-refractivity contribution in [3.05, 3.63) is 167 Å². The van der Waals surface area contributed by atoms with Crippen molar-refractivity contribution in [2.24, 2.45) is 5.41 Å². The Hall–Kier alpha value is -5.15. The molecule has 8 rings (SSSR count). The van der Waals surface area contributed by atoms with E-state index in [1.165, 1.54) is 54.2 Å². The van der Waals surface area contributed by atoms with E-state index in [9.17, 15) is 0 Å². The molecule has 1 radical (unpaired) electrons. The molecule has 0 N–H and O–H groups in total. The van der Waals surface area contributed by atoms with Crippen LogP contribution in [-0.2, 0) is 31.9 Å². The number of nitrogens with zero attached hydrogens (tertiary/aromatic N) is 2. The maximum absolute atomic E-state index is 8.71. The summed E-state index contributed by atoms with van der Waals surface area (Å²) in [5.41, 5.74) is 4.71. The molecule has 0 aliphatic carbocycles. The second-order valence-corrected chi connectivity index (χ2v) is 15.9. The molecular formula is C53H52IrN2O-2. The Bertz CT molecular complexity index is 3130. The van der Waals surface area contributed by atoms with E-state index in [-0.39, 0.29) is 70.0 Å². The number of furan rings is 1. The number of hydrogen-bond acceptors (Lipinski definition) is 3. The molecule has 4 heteroatoms. The van der Waals surface area contributed by atoms with Crippen LogP contribution < -0.4 is 0 Å². The van der Waals surface area contributed by atoms with E-state index in [1.54, 1.807) is 45.0 Å². The van der Waals surface area contributed by atoms with Gasteiger partial charge in [0.2, 0.25) is 0 Å². The molecule has 0 fully saturated rings. The van der Waals surface area contributed by atoms with Crippen LogP contribution in [0.1, 0.15) is 94.1 Å². The summed E-state index contributed by atoms with van der Waals surface area (Å²) in [6, 6.07) is 36.4. The minimum absolute atomic E-state index is 0. The molecule has 3 heterocycles. The summed E-state index contributed by atoms with van der Waals surface area (Å²) in [7, 11) is 0. The zero-order valence-electron chi connectivity index (χ0n) is 46.7. The molecular weight excluding hydrogens is 873 g/mol. The third-order valence-corrected chi connectivity index (χ3v) is 9.38. The number of para-hydroxylation sites is 1. The Morgan fingerprint density at radius 3 is 2.14 bits per heavy atom. The fraction of sp³-hybridized carbons (Fsp3) is 0.245. The molecule has 0 atom stereocenters. The van der Waals surface area contributed by atoms with E-state index in [4.69, 9.17) is 23.6 Å². The fourth-order valence-electron chi connectivity index (χ4n) is 6.53. The van der Waals surface area contributed by atoms with Crippen LogP contribution in [0.5, 0.6) is 0 Å². The number of rotatable bonds is 5. The molecule has 0 bridgehead atoms. The van der Waals surface area contributed by atoms with Crippen LogP contribution in [0.3, 0.4) is 0 Å². The standard InChI is InChI=1S/C37H34NO.C16H18N.Ir/c1-23-18-26(21-37(4,5)6)14-16-28(23)27-15-17-29(24(2)19-27)33-20-34(38-22-25(33)3)32-12-9-11-31-30-10-7-8-13-35(30)39-36(31)32;1-12-5-7-13(8-6-12)15-10-9-14(11-17-15)16(2,3)4;/h7-11,13-20,22H,21H2,1-6H3;5-7,9-11H,1-4H3;/q2*-1;/i1D3,2D3,3D3,21D2;1D3;. The smallest absolute Gasteiger partial charge is 0.120 e. The van der Waals surface area contributed by atoms with Gasteiger partial charge >= 0.3 is 0 Å². The molecule has 0 saturated heterocycles. The van der Waals surface area contributed by atoms with Crippen LogP contribution in [0.2, 0.25) is 0 Å². The molecule has 0 unspecified atom stereocenters. The average Bonchev–Trinajstić information content (AvgIpc) is 3.66. The van der Waals surface area contributed by atoms with Gasteiger partial charge in [0.05, 0.1) is 5.58 Å². The molecule has 0 spiro atoms. The van der Waals surface area contributed by atoms with Crippen molar-refractivity contribution < 1.29 is 43.7 Å². The van der Waals surface area contributed by atoms with Crippen LogP contribution in [0.15, 0.2) is 126 Å². The SMILES string of the molecule is [2H]C([2H])([2H])c1c[c-]c(-c2ccc(C(C)(C)C)cn2)cc1.[2H]C([2H])([2H])c1cc(C([2H])([2H])C(C)(C)C)ccc1-c1ccc(-c2cc(-c3[c-]ccc4c3oc3ccccc34)ncc2C([2H])([2H])[2H])c(C([2H])([2H])[2H])c1.[Ir]. The first kappa shape index (κ1) is 26.7. The summed E-state index contributed by atoms with van der Waals surface area (Å²) >= 11 is 0. The molecule has 3 aromatic heterocycles. The first-order chi connectivity index (χ1) is 32.3. The first-order valence-electron chi connectivity index (χ1n) is 25.4. The number of pyridine rings is 2. The van der Waals surface area contributed by atoms with Crippen molar-refractivity contribution in [2.75, 3.05) is 0 Å². The van der Waals surface area contributed by atoms with Crippen LogP contribution in [-0.4, -0.2) is 9.97 Å². The van der Waals surface area contributed by atoms with Crippen LogP contribution in [0.25, 0.3) is 66.7 Å². The van der Waals surface area contributed by atoms with Crippen molar-refractivity contribution in [3.63, 3.8) is 0 Å². The van der Waals surface area contributed by atoms with Gasteiger partial charge in [-0.1, -0.05) is 132 Å². The summed E-state index contributed by atoms with van der Waals surface area (Å²) in [5, 5.41) is 1.70. The Morgan fingerprint density at radius 1 is 0.667 bits per heavy atom. The van der Waals surface area contributed by atoms with Crippen molar-refractivity contribution >= 4 is 21.9 Å². The summed E-state index contributed by atoms with van der Waals surface area (Å²) in [6.07, 6.45) is 1.22. The monoisotopic (exact) mass is 939 g/mol. The molecule has 3 nitrogen and oxygen atoms in total. The van der Waals surface area contributed by atoms with Gasteiger partial charge in [0, 0.05) is 57.1 Å². The minimum atomic E-state index is -2.74. The minimum Gasteiger partial charge on any atom is -0.501 e. The van der Waals surface area contributed by atoms with Gasteiger partial charge in [-0.05, 0) is 105 Å². The third kappa shape index (κ3) is 9.36. The van der Waals surface area contributed by atoms with Crippen molar-refractivity contribution in [1.29, 1.82) is 0 Å². The molecule has 0 aliphatic heterocycles. The zero-order valence-corrected chi connectivity index (χ0v) is 35.1. The number of aryl methyl sites for hydroxylation is 4. The summed E-state index contributed by atoms with van der Waals surface area (Å²) in [5.74, 6) is 0. The largest absolute Gasteiger partial charge is 0.501 e.